The Hall–Kier alpha value is -0.940. The molecule has 0 saturated heterocycles. The van der Waals surface area contributed by atoms with Gasteiger partial charge in [-0.25, -0.2) is 9.78 Å². The van der Waals surface area contributed by atoms with Crippen molar-refractivity contribution in [2.24, 2.45) is 0 Å². The number of aliphatic hydroxyl groups is 1. The maximum atomic E-state index is 10.5. The van der Waals surface area contributed by atoms with Crippen LogP contribution in [-0.4, -0.2) is 27.8 Å². The van der Waals surface area contributed by atoms with Gasteiger partial charge in [0.2, 0.25) is 0 Å². The van der Waals surface area contributed by atoms with Gasteiger partial charge >= 0.3 is 5.97 Å². The summed E-state index contributed by atoms with van der Waals surface area (Å²) in [4.78, 5) is 15.0. The Morgan fingerprint density at radius 1 is 1.67 bits per heavy atom. The average molecular weight is 187 g/mol. The van der Waals surface area contributed by atoms with E-state index in [0.29, 0.717) is 12.8 Å². The minimum absolute atomic E-state index is 0.0803. The van der Waals surface area contributed by atoms with E-state index in [1.165, 1.54) is 16.8 Å². The van der Waals surface area contributed by atoms with Crippen LogP contribution in [0, 0.1) is 0 Å². The number of carbonyl (C=O) groups is 1. The zero-order chi connectivity index (χ0) is 8.97. The Morgan fingerprint density at radius 3 is 3.00 bits per heavy atom. The Balaban J connectivity index is 2.70. The van der Waals surface area contributed by atoms with Crippen LogP contribution in [0.3, 0.4) is 0 Å². The van der Waals surface area contributed by atoms with Crippen LogP contribution in [0.15, 0.2) is 5.51 Å². The largest absolute Gasteiger partial charge is 0.476 e. The summed E-state index contributed by atoms with van der Waals surface area (Å²) in [6, 6.07) is 0. The van der Waals surface area contributed by atoms with Gasteiger partial charge < -0.3 is 10.2 Å². The molecule has 0 aliphatic rings. The van der Waals surface area contributed by atoms with E-state index in [0.717, 1.165) is 4.88 Å². The zero-order valence-corrected chi connectivity index (χ0v) is 7.17. The average Bonchev–Trinajstić information content (AvgIpc) is 2.48. The Kier molecular flexibility index (Phi) is 3.19. The van der Waals surface area contributed by atoms with Crippen molar-refractivity contribution in [2.45, 2.75) is 12.8 Å². The molecule has 66 valence electrons. The van der Waals surface area contributed by atoms with Crippen molar-refractivity contribution in [3.63, 3.8) is 0 Å². The molecule has 0 fully saturated rings. The van der Waals surface area contributed by atoms with Gasteiger partial charge in [0.15, 0.2) is 5.69 Å². The van der Waals surface area contributed by atoms with Crippen LogP contribution in [0.5, 0.6) is 0 Å². The van der Waals surface area contributed by atoms with Gasteiger partial charge in [0.05, 0.1) is 5.51 Å². The molecular formula is C7H9NO3S. The van der Waals surface area contributed by atoms with Gasteiger partial charge in [-0.15, -0.1) is 11.3 Å². The highest BCUT2D eigenvalue weighted by molar-refractivity contribution is 7.09. The summed E-state index contributed by atoms with van der Waals surface area (Å²) in [5.41, 5.74) is 1.63. The fourth-order valence-corrected chi connectivity index (χ4v) is 1.66. The molecule has 0 saturated carbocycles. The SMILES string of the molecule is O=C(O)c1ncsc1CCCO. The minimum Gasteiger partial charge on any atom is -0.476 e. The number of carboxylic acids is 1. The van der Waals surface area contributed by atoms with Gasteiger partial charge in [0.25, 0.3) is 0 Å². The zero-order valence-electron chi connectivity index (χ0n) is 6.36. The highest BCUT2D eigenvalue weighted by atomic mass is 32.1. The smallest absolute Gasteiger partial charge is 0.355 e. The van der Waals surface area contributed by atoms with Gasteiger partial charge in [-0.05, 0) is 12.8 Å². The summed E-state index contributed by atoms with van der Waals surface area (Å²) in [6.07, 6.45) is 1.17. The highest BCUT2D eigenvalue weighted by Gasteiger charge is 2.12. The molecule has 1 heterocycles. The molecule has 1 aromatic heterocycles. The van der Waals surface area contributed by atoms with Crippen molar-refractivity contribution in [1.82, 2.24) is 4.98 Å². The number of nitrogens with zero attached hydrogens (tertiary/aromatic N) is 1. The number of hydrogen-bond donors (Lipinski definition) is 2. The topological polar surface area (TPSA) is 70.4 Å². The third-order valence-electron chi connectivity index (χ3n) is 1.41. The number of aromatic nitrogens is 1. The van der Waals surface area contributed by atoms with Crippen LogP contribution >= 0.6 is 11.3 Å². The van der Waals surface area contributed by atoms with Crippen LogP contribution in [0.2, 0.25) is 0 Å². The number of aliphatic hydroxyl groups excluding tert-OH is 1. The number of rotatable bonds is 4. The lowest BCUT2D eigenvalue weighted by molar-refractivity contribution is 0.0690. The molecule has 0 radical (unpaired) electrons. The van der Waals surface area contributed by atoms with Crippen LogP contribution in [-0.2, 0) is 6.42 Å². The lowest BCUT2D eigenvalue weighted by Crippen LogP contribution is -2.01. The molecule has 1 aromatic rings. The van der Waals surface area contributed by atoms with Crippen molar-refractivity contribution >= 4 is 17.3 Å². The number of hydrogen-bond acceptors (Lipinski definition) is 4. The molecule has 0 aliphatic heterocycles. The predicted octanol–water partition coefficient (Wildman–Crippen LogP) is 0.766. The van der Waals surface area contributed by atoms with Crippen LogP contribution in [0.1, 0.15) is 21.8 Å². The third-order valence-corrected chi connectivity index (χ3v) is 2.30. The van der Waals surface area contributed by atoms with Crippen LogP contribution in [0.25, 0.3) is 0 Å². The first-order valence-corrected chi connectivity index (χ1v) is 4.40. The number of aryl methyl sites for hydroxylation is 1. The molecule has 1 rings (SSSR count). The second kappa shape index (κ2) is 4.18. The molecule has 0 amide bonds. The molecule has 12 heavy (non-hydrogen) atoms. The molecule has 5 heteroatoms. The standard InChI is InChI=1S/C7H9NO3S/c9-3-1-2-5-6(7(10)11)8-4-12-5/h4,9H,1-3H2,(H,10,11). The van der Waals surface area contributed by atoms with Crippen LogP contribution in [0.4, 0.5) is 0 Å². The second-order valence-corrected chi connectivity index (χ2v) is 3.20. The van der Waals surface area contributed by atoms with Crippen molar-refractivity contribution < 1.29 is 15.0 Å². The summed E-state index contributed by atoms with van der Waals surface area (Å²) < 4.78 is 0. The molecule has 2 N–H and O–H groups in total. The van der Waals surface area contributed by atoms with E-state index >= 15 is 0 Å². The number of aromatic carboxylic acids is 1. The molecule has 0 aliphatic carbocycles. The first-order chi connectivity index (χ1) is 5.75. The first-order valence-electron chi connectivity index (χ1n) is 3.52. The first kappa shape index (κ1) is 9.15. The van der Waals surface area contributed by atoms with Crippen molar-refractivity contribution in [2.75, 3.05) is 6.61 Å². The molecular weight excluding hydrogens is 178 g/mol. The molecule has 0 atom stereocenters. The Labute approximate surface area is 73.5 Å². The van der Waals surface area contributed by atoms with Crippen molar-refractivity contribution in [3.8, 4) is 0 Å². The summed E-state index contributed by atoms with van der Waals surface area (Å²) in [7, 11) is 0. The second-order valence-electron chi connectivity index (χ2n) is 2.26. The normalized spacial score (nSPS) is 10.1. The molecule has 0 spiro atoms. The van der Waals surface area contributed by atoms with E-state index in [1.807, 2.05) is 0 Å². The predicted molar refractivity (Wildman–Crippen MR) is 44.5 cm³/mol. The van der Waals surface area contributed by atoms with Gasteiger partial charge in [0.1, 0.15) is 0 Å². The van der Waals surface area contributed by atoms with Gasteiger partial charge in [-0.3, -0.25) is 0 Å². The lowest BCUT2D eigenvalue weighted by Gasteiger charge is -1.94. The van der Waals surface area contributed by atoms with Gasteiger partial charge in [-0.2, -0.15) is 0 Å². The van der Waals surface area contributed by atoms with Gasteiger partial charge in [0, 0.05) is 11.5 Å². The van der Waals surface area contributed by atoms with E-state index < -0.39 is 5.97 Å². The molecule has 0 unspecified atom stereocenters. The fraction of sp³-hybridized carbons (Fsp3) is 0.429. The molecule has 0 aromatic carbocycles. The Bertz CT molecular complexity index is 271. The van der Waals surface area contributed by atoms with E-state index in [4.69, 9.17) is 10.2 Å². The van der Waals surface area contributed by atoms with E-state index in [9.17, 15) is 4.79 Å². The van der Waals surface area contributed by atoms with E-state index in [2.05, 4.69) is 4.98 Å². The Morgan fingerprint density at radius 2 is 2.42 bits per heavy atom. The quantitative estimate of drug-likeness (QED) is 0.730. The maximum Gasteiger partial charge on any atom is 0.355 e. The van der Waals surface area contributed by atoms with Crippen molar-refractivity contribution in [3.05, 3.63) is 16.1 Å². The number of thiazole rings is 1. The monoisotopic (exact) mass is 187 g/mol. The highest BCUT2D eigenvalue weighted by Crippen LogP contribution is 2.14. The minimum atomic E-state index is -0.996. The lowest BCUT2D eigenvalue weighted by atomic mass is 10.2. The summed E-state index contributed by atoms with van der Waals surface area (Å²) in [5, 5.41) is 17.2. The summed E-state index contributed by atoms with van der Waals surface area (Å²) in [5.74, 6) is -0.996. The molecule has 4 nitrogen and oxygen atoms in total. The summed E-state index contributed by atoms with van der Waals surface area (Å²) in [6.45, 7) is 0.0803. The van der Waals surface area contributed by atoms with E-state index in [1.54, 1.807) is 0 Å². The number of carboxylic acid groups (broad SMARTS) is 1. The molecule has 0 bridgehead atoms. The van der Waals surface area contributed by atoms with Crippen LogP contribution < -0.4 is 0 Å². The van der Waals surface area contributed by atoms with E-state index in [-0.39, 0.29) is 12.3 Å². The summed E-state index contributed by atoms with van der Waals surface area (Å²) >= 11 is 1.31. The van der Waals surface area contributed by atoms with Gasteiger partial charge in [-0.1, -0.05) is 0 Å². The third kappa shape index (κ3) is 2.02. The fourth-order valence-electron chi connectivity index (χ4n) is 0.862. The van der Waals surface area contributed by atoms with Crippen molar-refractivity contribution in [1.29, 1.82) is 0 Å². The maximum absolute atomic E-state index is 10.5.